The number of nitrogens with one attached hydrogen (secondary N) is 1. The standard InChI is InChI=1S/C19H23FN4O5/c1-3-5-10-24-16(21)15(17(26)22-19(24)28)23(4-2)14(25)11-29-18(27)12-6-8-13(20)9-7-12/h6-9H,3-5,10-11,21H2,1-2H3,(H,22,26,28). The van der Waals surface area contributed by atoms with Gasteiger partial charge in [0.15, 0.2) is 12.3 Å². The van der Waals surface area contributed by atoms with Gasteiger partial charge in [-0.1, -0.05) is 13.3 Å². The molecule has 1 heterocycles. The Labute approximate surface area is 165 Å². The maximum atomic E-state index is 12.9. The van der Waals surface area contributed by atoms with Gasteiger partial charge in [-0.3, -0.25) is 19.1 Å². The van der Waals surface area contributed by atoms with E-state index in [1.165, 1.54) is 16.7 Å². The largest absolute Gasteiger partial charge is 0.452 e. The molecule has 0 saturated heterocycles. The summed E-state index contributed by atoms with van der Waals surface area (Å²) in [6, 6.07) is 4.64. The summed E-state index contributed by atoms with van der Waals surface area (Å²) in [6.45, 7) is 3.24. The van der Waals surface area contributed by atoms with Crippen molar-refractivity contribution in [2.24, 2.45) is 0 Å². The van der Waals surface area contributed by atoms with E-state index in [-0.39, 0.29) is 30.2 Å². The van der Waals surface area contributed by atoms with Crippen molar-refractivity contribution in [3.8, 4) is 0 Å². The zero-order chi connectivity index (χ0) is 21.6. The fourth-order valence-corrected chi connectivity index (χ4v) is 2.71. The fraction of sp³-hybridized carbons (Fsp3) is 0.368. The summed E-state index contributed by atoms with van der Waals surface area (Å²) in [6.07, 6.45) is 1.46. The average molecular weight is 406 g/mol. The number of aromatic amines is 1. The lowest BCUT2D eigenvalue weighted by Crippen LogP contribution is -2.42. The zero-order valence-electron chi connectivity index (χ0n) is 16.2. The van der Waals surface area contributed by atoms with Crippen LogP contribution in [0.15, 0.2) is 33.9 Å². The molecule has 0 saturated carbocycles. The van der Waals surface area contributed by atoms with Crippen LogP contribution >= 0.6 is 0 Å². The fourth-order valence-electron chi connectivity index (χ4n) is 2.71. The number of unbranched alkanes of at least 4 members (excludes halogenated alkanes) is 1. The number of carbonyl (C=O) groups excluding carboxylic acids is 2. The van der Waals surface area contributed by atoms with Gasteiger partial charge in [0, 0.05) is 13.1 Å². The highest BCUT2D eigenvalue weighted by molar-refractivity contribution is 5.98. The van der Waals surface area contributed by atoms with Crippen molar-refractivity contribution in [2.75, 3.05) is 23.8 Å². The molecule has 10 heteroatoms. The predicted octanol–water partition coefficient (Wildman–Crippen LogP) is 1.27. The lowest BCUT2D eigenvalue weighted by molar-refractivity contribution is -0.121. The van der Waals surface area contributed by atoms with Gasteiger partial charge in [0.25, 0.3) is 11.5 Å². The van der Waals surface area contributed by atoms with Crippen LogP contribution in [0.4, 0.5) is 15.9 Å². The van der Waals surface area contributed by atoms with Gasteiger partial charge in [-0.05, 0) is 37.6 Å². The number of esters is 1. The van der Waals surface area contributed by atoms with Gasteiger partial charge < -0.3 is 15.4 Å². The van der Waals surface area contributed by atoms with Gasteiger partial charge in [-0.15, -0.1) is 0 Å². The molecule has 156 valence electrons. The predicted molar refractivity (Wildman–Crippen MR) is 105 cm³/mol. The molecule has 2 aromatic rings. The van der Waals surface area contributed by atoms with E-state index in [0.717, 1.165) is 23.5 Å². The lowest BCUT2D eigenvalue weighted by atomic mass is 10.2. The van der Waals surface area contributed by atoms with Crippen LogP contribution < -0.4 is 21.9 Å². The first kappa shape index (κ1) is 21.9. The molecule has 9 nitrogen and oxygen atoms in total. The Morgan fingerprint density at radius 2 is 1.86 bits per heavy atom. The summed E-state index contributed by atoms with van der Waals surface area (Å²) in [4.78, 5) is 52.1. The SMILES string of the molecule is CCCCn1c(N)c(N(CC)C(=O)COC(=O)c2ccc(F)cc2)c(=O)[nH]c1=O. The van der Waals surface area contributed by atoms with Crippen molar-refractivity contribution >= 4 is 23.4 Å². The van der Waals surface area contributed by atoms with Crippen LogP contribution in [0, 0.1) is 5.82 Å². The van der Waals surface area contributed by atoms with E-state index >= 15 is 0 Å². The molecule has 0 aliphatic rings. The molecule has 1 amide bonds. The molecule has 1 aromatic heterocycles. The topological polar surface area (TPSA) is 127 Å². The third-order valence-corrected chi connectivity index (χ3v) is 4.24. The molecule has 0 unspecified atom stereocenters. The average Bonchev–Trinajstić information content (AvgIpc) is 2.69. The maximum absolute atomic E-state index is 12.9. The molecule has 0 aliphatic carbocycles. The van der Waals surface area contributed by atoms with Gasteiger partial charge in [-0.2, -0.15) is 0 Å². The van der Waals surface area contributed by atoms with Crippen LogP contribution in [0.5, 0.6) is 0 Å². The van der Waals surface area contributed by atoms with Crippen molar-refractivity contribution < 1.29 is 18.7 Å². The molecule has 0 aliphatic heterocycles. The molecular weight excluding hydrogens is 383 g/mol. The Bertz CT molecular complexity index is 997. The highest BCUT2D eigenvalue weighted by Crippen LogP contribution is 2.17. The summed E-state index contributed by atoms with van der Waals surface area (Å²) in [5.41, 5.74) is 4.45. The van der Waals surface area contributed by atoms with Gasteiger partial charge >= 0.3 is 11.7 Å². The zero-order valence-corrected chi connectivity index (χ0v) is 16.2. The van der Waals surface area contributed by atoms with Crippen molar-refractivity contribution in [3.63, 3.8) is 0 Å². The number of aromatic nitrogens is 2. The Balaban J connectivity index is 2.23. The summed E-state index contributed by atoms with van der Waals surface area (Å²) < 4.78 is 19.1. The van der Waals surface area contributed by atoms with Gasteiger partial charge in [0.1, 0.15) is 11.6 Å². The molecule has 0 bridgehead atoms. The Hall–Kier alpha value is -3.43. The number of carbonyl (C=O) groups is 2. The maximum Gasteiger partial charge on any atom is 0.338 e. The van der Waals surface area contributed by atoms with Crippen molar-refractivity contribution in [3.05, 3.63) is 56.5 Å². The number of hydrogen-bond donors (Lipinski definition) is 2. The molecule has 29 heavy (non-hydrogen) atoms. The number of nitrogen functional groups attached to an aromatic ring is 1. The summed E-state index contributed by atoms with van der Waals surface area (Å²) >= 11 is 0. The summed E-state index contributed by atoms with van der Waals surface area (Å²) in [7, 11) is 0. The normalized spacial score (nSPS) is 10.6. The van der Waals surface area contributed by atoms with E-state index in [0.29, 0.717) is 6.42 Å². The van der Waals surface area contributed by atoms with E-state index in [1.54, 1.807) is 6.92 Å². The molecule has 0 atom stereocenters. The second kappa shape index (κ2) is 9.67. The number of rotatable bonds is 8. The van der Waals surface area contributed by atoms with Crippen LogP contribution in [0.1, 0.15) is 37.0 Å². The first-order valence-electron chi connectivity index (χ1n) is 9.15. The third-order valence-electron chi connectivity index (χ3n) is 4.24. The Morgan fingerprint density at radius 3 is 2.45 bits per heavy atom. The van der Waals surface area contributed by atoms with Gasteiger partial charge in [0.05, 0.1) is 5.56 Å². The highest BCUT2D eigenvalue weighted by Gasteiger charge is 2.24. The van der Waals surface area contributed by atoms with E-state index in [9.17, 15) is 23.6 Å². The number of amides is 1. The molecule has 0 radical (unpaired) electrons. The Kier molecular flexibility index (Phi) is 7.29. The van der Waals surface area contributed by atoms with Gasteiger partial charge in [0.2, 0.25) is 0 Å². The number of hydrogen-bond acceptors (Lipinski definition) is 6. The van der Waals surface area contributed by atoms with Crippen LogP contribution in [-0.2, 0) is 16.1 Å². The van der Waals surface area contributed by atoms with Crippen LogP contribution in [0.25, 0.3) is 0 Å². The molecule has 1 aromatic carbocycles. The number of likely N-dealkylation sites (N-methyl/N-ethyl adjacent to an activating group) is 1. The van der Waals surface area contributed by atoms with E-state index < -0.39 is 35.5 Å². The number of nitrogens with two attached hydrogens (primary N) is 1. The second-order valence-corrected chi connectivity index (χ2v) is 6.22. The Morgan fingerprint density at radius 1 is 1.21 bits per heavy atom. The van der Waals surface area contributed by atoms with E-state index in [4.69, 9.17) is 10.5 Å². The molecule has 3 N–H and O–H groups in total. The minimum absolute atomic E-state index is 0.0617. The van der Waals surface area contributed by atoms with Crippen molar-refractivity contribution in [1.29, 1.82) is 0 Å². The molecule has 2 rings (SSSR count). The second-order valence-electron chi connectivity index (χ2n) is 6.22. The van der Waals surface area contributed by atoms with Crippen LogP contribution in [0.2, 0.25) is 0 Å². The van der Waals surface area contributed by atoms with Crippen molar-refractivity contribution in [1.82, 2.24) is 9.55 Å². The molecule has 0 spiro atoms. The number of benzene rings is 1. The number of ether oxygens (including phenoxy) is 1. The highest BCUT2D eigenvalue weighted by atomic mass is 19.1. The number of anilines is 2. The van der Waals surface area contributed by atoms with Crippen LogP contribution in [0.3, 0.4) is 0 Å². The first-order valence-corrected chi connectivity index (χ1v) is 9.15. The minimum Gasteiger partial charge on any atom is -0.452 e. The summed E-state index contributed by atoms with van der Waals surface area (Å²) in [5.74, 6) is -2.15. The number of halogens is 1. The third kappa shape index (κ3) is 5.09. The molecule has 0 fully saturated rings. The smallest absolute Gasteiger partial charge is 0.338 e. The van der Waals surface area contributed by atoms with E-state index in [2.05, 4.69) is 4.98 Å². The minimum atomic E-state index is -0.816. The first-order chi connectivity index (χ1) is 13.8. The number of nitrogens with zero attached hydrogens (tertiary/aromatic N) is 2. The number of H-pyrrole nitrogens is 1. The van der Waals surface area contributed by atoms with E-state index in [1.807, 2.05) is 6.92 Å². The lowest BCUT2D eigenvalue weighted by Gasteiger charge is -2.23. The van der Waals surface area contributed by atoms with Crippen LogP contribution in [-0.4, -0.2) is 34.6 Å². The molecular formula is C19H23FN4O5. The quantitative estimate of drug-likeness (QED) is 0.636. The van der Waals surface area contributed by atoms with Gasteiger partial charge in [-0.25, -0.2) is 14.0 Å². The summed E-state index contributed by atoms with van der Waals surface area (Å²) in [5, 5.41) is 0. The van der Waals surface area contributed by atoms with Crippen molar-refractivity contribution in [2.45, 2.75) is 33.2 Å². The monoisotopic (exact) mass is 406 g/mol.